The standard InChI is InChI=1S/C20H18BrNO4/c1-4-26-20-16(21)10-13(11-18(20)25-3)9-14(12-22)19(23)15-7-5-6-8-17(15)24-2/h5-11H,4H2,1-3H3/b14-9+. The summed E-state index contributed by atoms with van der Waals surface area (Å²) >= 11 is 3.43. The van der Waals surface area contributed by atoms with E-state index in [9.17, 15) is 10.1 Å². The molecule has 2 aromatic rings. The van der Waals surface area contributed by atoms with Gasteiger partial charge >= 0.3 is 0 Å². The average molecular weight is 416 g/mol. The molecule has 2 aromatic carbocycles. The van der Waals surface area contributed by atoms with Crippen molar-refractivity contribution in [2.75, 3.05) is 20.8 Å². The maximum absolute atomic E-state index is 12.7. The number of hydrogen-bond acceptors (Lipinski definition) is 5. The van der Waals surface area contributed by atoms with Crippen LogP contribution in [0.2, 0.25) is 0 Å². The maximum atomic E-state index is 12.7. The molecular weight excluding hydrogens is 398 g/mol. The molecule has 0 aliphatic heterocycles. The Labute approximate surface area is 160 Å². The Bertz CT molecular complexity index is 884. The van der Waals surface area contributed by atoms with E-state index in [0.717, 1.165) is 0 Å². The van der Waals surface area contributed by atoms with Crippen molar-refractivity contribution in [3.63, 3.8) is 0 Å². The number of para-hydroxylation sites is 1. The summed E-state index contributed by atoms with van der Waals surface area (Å²) in [6.07, 6.45) is 1.51. The number of methoxy groups -OCH3 is 2. The van der Waals surface area contributed by atoms with E-state index in [1.165, 1.54) is 20.3 Å². The summed E-state index contributed by atoms with van der Waals surface area (Å²) in [7, 11) is 3.01. The molecule has 5 nitrogen and oxygen atoms in total. The first kappa shape index (κ1) is 19.5. The summed E-state index contributed by atoms with van der Waals surface area (Å²) in [5.74, 6) is 1.09. The van der Waals surface area contributed by atoms with Crippen LogP contribution in [0.5, 0.6) is 17.2 Å². The Morgan fingerprint density at radius 2 is 1.88 bits per heavy atom. The highest BCUT2D eigenvalue weighted by Gasteiger charge is 2.17. The molecule has 0 fully saturated rings. The van der Waals surface area contributed by atoms with Crippen LogP contribution in [-0.4, -0.2) is 26.6 Å². The summed E-state index contributed by atoms with van der Waals surface area (Å²) in [4.78, 5) is 12.7. The molecule has 2 rings (SSSR count). The molecule has 0 spiro atoms. The number of rotatable bonds is 7. The van der Waals surface area contributed by atoms with Crippen LogP contribution in [0.25, 0.3) is 6.08 Å². The number of ketones is 1. The van der Waals surface area contributed by atoms with E-state index in [-0.39, 0.29) is 5.57 Å². The number of benzene rings is 2. The number of hydrogen-bond donors (Lipinski definition) is 0. The predicted molar refractivity (Wildman–Crippen MR) is 103 cm³/mol. The van der Waals surface area contributed by atoms with Crippen molar-refractivity contribution in [2.24, 2.45) is 0 Å². The lowest BCUT2D eigenvalue weighted by Gasteiger charge is -2.12. The van der Waals surface area contributed by atoms with Crippen LogP contribution in [0.4, 0.5) is 0 Å². The Kier molecular flexibility index (Phi) is 6.81. The van der Waals surface area contributed by atoms with Crippen molar-refractivity contribution >= 4 is 27.8 Å². The average Bonchev–Trinajstić information content (AvgIpc) is 2.67. The third-order valence-corrected chi connectivity index (χ3v) is 4.16. The second-order valence-electron chi connectivity index (χ2n) is 5.17. The van der Waals surface area contributed by atoms with Crippen molar-refractivity contribution in [1.82, 2.24) is 0 Å². The molecule has 0 bridgehead atoms. The van der Waals surface area contributed by atoms with Crippen LogP contribution in [-0.2, 0) is 0 Å². The van der Waals surface area contributed by atoms with Gasteiger partial charge in [0, 0.05) is 0 Å². The number of Topliss-reactive ketones (excluding diaryl/α,β-unsaturated/α-hetero) is 1. The molecule has 0 N–H and O–H groups in total. The van der Waals surface area contributed by atoms with E-state index in [4.69, 9.17) is 14.2 Å². The predicted octanol–water partition coefficient (Wildman–Crippen LogP) is 4.65. The Balaban J connectivity index is 2.48. The van der Waals surface area contributed by atoms with Crippen LogP contribution >= 0.6 is 15.9 Å². The maximum Gasteiger partial charge on any atom is 0.207 e. The molecule has 0 saturated carbocycles. The van der Waals surface area contributed by atoms with Gasteiger partial charge in [0.25, 0.3) is 0 Å². The van der Waals surface area contributed by atoms with Gasteiger partial charge in [-0.1, -0.05) is 12.1 Å². The number of ether oxygens (including phenoxy) is 3. The quantitative estimate of drug-likeness (QED) is 0.373. The fraction of sp³-hybridized carbons (Fsp3) is 0.200. The zero-order valence-corrected chi connectivity index (χ0v) is 16.3. The summed E-state index contributed by atoms with van der Waals surface area (Å²) in [6.45, 7) is 2.36. The summed E-state index contributed by atoms with van der Waals surface area (Å²) in [6, 6.07) is 12.2. The third kappa shape index (κ3) is 4.24. The van der Waals surface area contributed by atoms with Gasteiger partial charge in [0.15, 0.2) is 11.5 Å². The zero-order chi connectivity index (χ0) is 19.1. The Morgan fingerprint density at radius 1 is 1.19 bits per heavy atom. The molecule has 0 unspecified atom stereocenters. The van der Waals surface area contributed by atoms with Gasteiger partial charge in [-0.3, -0.25) is 4.79 Å². The molecule has 0 amide bonds. The number of nitriles is 1. The number of halogens is 1. The normalized spacial score (nSPS) is 10.8. The Hall–Kier alpha value is -2.78. The summed E-state index contributed by atoms with van der Waals surface area (Å²) in [5.41, 5.74) is 0.962. The van der Waals surface area contributed by atoms with E-state index in [2.05, 4.69) is 15.9 Å². The van der Waals surface area contributed by atoms with Gasteiger partial charge in [-0.2, -0.15) is 5.26 Å². The van der Waals surface area contributed by atoms with Crippen molar-refractivity contribution in [1.29, 1.82) is 5.26 Å². The molecule has 0 atom stereocenters. The number of carbonyl (C=O) groups excluding carboxylic acids is 1. The molecule has 134 valence electrons. The number of nitrogens with zero attached hydrogens (tertiary/aromatic N) is 1. The van der Waals surface area contributed by atoms with Crippen LogP contribution in [0.1, 0.15) is 22.8 Å². The second kappa shape index (κ2) is 9.07. The van der Waals surface area contributed by atoms with Gasteiger partial charge < -0.3 is 14.2 Å². The lowest BCUT2D eigenvalue weighted by molar-refractivity contribution is 0.103. The van der Waals surface area contributed by atoms with Crippen LogP contribution < -0.4 is 14.2 Å². The van der Waals surface area contributed by atoms with Gasteiger partial charge in [-0.05, 0) is 58.8 Å². The molecule has 26 heavy (non-hydrogen) atoms. The first-order chi connectivity index (χ1) is 12.5. The van der Waals surface area contributed by atoms with Gasteiger partial charge in [0.1, 0.15) is 17.4 Å². The first-order valence-electron chi connectivity index (χ1n) is 7.85. The van der Waals surface area contributed by atoms with Gasteiger partial charge in [0.05, 0.1) is 30.9 Å². The van der Waals surface area contributed by atoms with E-state index >= 15 is 0 Å². The van der Waals surface area contributed by atoms with Crippen molar-refractivity contribution < 1.29 is 19.0 Å². The minimum absolute atomic E-state index is 0.00684. The monoisotopic (exact) mass is 415 g/mol. The van der Waals surface area contributed by atoms with Crippen LogP contribution in [0.3, 0.4) is 0 Å². The van der Waals surface area contributed by atoms with E-state index in [1.807, 2.05) is 13.0 Å². The lowest BCUT2D eigenvalue weighted by Crippen LogP contribution is -2.04. The van der Waals surface area contributed by atoms with E-state index in [1.54, 1.807) is 36.4 Å². The lowest BCUT2D eigenvalue weighted by atomic mass is 10.0. The second-order valence-corrected chi connectivity index (χ2v) is 6.02. The first-order valence-corrected chi connectivity index (χ1v) is 8.64. The molecule has 0 aliphatic carbocycles. The Morgan fingerprint density at radius 3 is 2.50 bits per heavy atom. The molecular formula is C20H18BrNO4. The topological polar surface area (TPSA) is 68.5 Å². The number of carbonyl (C=O) groups is 1. The smallest absolute Gasteiger partial charge is 0.207 e. The van der Waals surface area contributed by atoms with Crippen LogP contribution in [0.15, 0.2) is 46.4 Å². The van der Waals surface area contributed by atoms with Gasteiger partial charge in [0.2, 0.25) is 5.78 Å². The number of allylic oxidation sites excluding steroid dienone is 1. The van der Waals surface area contributed by atoms with E-state index < -0.39 is 5.78 Å². The van der Waals surface area contributed by atoms with Gasteiger partial charge in [-0.15, -0.1) is 0 Å². The minimum Gasteiger partial charge on any atom is -0.496 e. The molecule has 0 heterocycles. The molecule has 0 saturated heterocycles. The molecule has 0 aliphatic rings. The fourth-order valence-corrected chi connectivity index (χ4v) is 2.97. The van der Waals surface area contributed by atoms with E-state index in [0.29, 0.717) is 39.5 Å². The minimum atomic E-state index is -0.408. The largest absolute Gasteiger partial charge is 0.496 e. The third-order valence-electron chi connectivity index (χ3n) is 3.57. The summed E-state index contributed by atoms with van der Waals surface area (Å²) < 4.78 is 16.8. The SMILES string of the molecule is CCOc1c(Br)cc(/C=C(\C#N)C(=O)c2ccccc2OC)cc1OC. The van der Waals surface area contributed by atoms with Crippen molar-refractivity contribution in [2.45, 2.75) is 6.92 Å². The molecule has 0 radical (unpaired) electrons. The highest BCUT2D eigenvalue weighted by atomic mass is 79.9. The highest BCUT2D eigenvalue weighted by Crippen LogP contribution is 2.37. The molecule has 0 aromatic heterocycles. The summed E-state index contributed by atoms with van der Waals surface area (Å²) in [5, 5.41) is 9.47. The van der Waals surface area contributed by atoms with Crippen molar-refractivity contribution in [3.05, 3.63) is 57.6 Å². The van der Waals surface area contributed by atoms with Crippen molar-refractivity contribution in [3.8, 4) is 23.3 Å². The van der Waals surface area contributed by atoms with Crippen LogP contribution in [0, 0.1) is 11.3 Å². The fourth-order valence-electron chi connectivity index (χ4n) is 2.40. The highest BCUT2D eigenvalue weighted by molar-refractivity contribution is 9.10. The zero-order valence-electron chi connectivity index (χ0n) is 14.7. The van der Waals surface area contributed by atoms with Gasteiger partial charge in [-0.25, -0.2) is 0 Å². The molecule has 6 heteroatoms.